The van der Waals surface area contributed by atoms with Gasteiger partial charge in [-0.3, -0.25) is 60.2 Å². The van der Waals surface area contributed by atoms with Gasteiger partial charge in [0.15, 0.2) is 41.3 Å². The number of hydrogen-bond donors (Lipinski definition) is 7. The third kappa shape index (κ3) is 50.0. The average Bonchev–Trinajstić information content (AvgIpc) is 0.844. The van der Waals surface area contributed by atoms with Gasteiger partial charge < -0.3 is 87.1 Å². The van der Waals surface area contributed by atoms with Crippen LogP contribution in [0.15, 0.2) is 78.9 Å². The number of ether oxygens (including phenoxy) is 10. The molecule has 40 nitrogen and oxygen atoms in total. The quantitative estimate of drug-likeness (QED) is 0.00726. The molecule has 0 saturated heterocycles. The first kappa shape index (κ1) is 122. The van der Waals surface area contributed by atoms with Crippen molar-refractivity contribution < 1.29 is 223 Å². The summed E-state index contributed by atoms with van der Waals surface area (Å²) in [5, 5.41) is 96.5. The number of nitro benzene ring substituents is 5. The summed E-state index contributed by atoms with van der Waals surface area (Å²) in [5.41, 5.74) is 2.62. The Labute approximate surface area is 746 Å². The summed E-state index contributed by atoms with van der Waals surface area (Å²) in [7, 11) is 7.56. The third-order valence-corrected chi connectivity index (χ3v) is 13.4. The SMILES string of the molecule is CC(CO)NC(=O)OC(C)(C)C.COc1cc(F)c(C=O)cc1[N+](=O)[O-].COc1cc(F)c(CBr)cc1[N+](=O)[O-].COc1cc(F)c(CO)cc1[N+](=O)[O-].COc1cc(F)c(COCC(C)N)cc1[N+](=O)[O-].COc1cc(F)c(COCC(C)NC(=O)OC(C)(C)C)cc1[N+](=O)[O-].COc1ccc(C=O)c(F)c1.O=C(O)C(F)(F)F.O=[N+]([O-])O.[B].[H-].[H-].[Na+].[Na+]. The second kappa shape index (κ2) is 61.6. The Bertz CT molecular complexity index is 4320. The normalized spacial score (nSPS) is 10.8. The number of alkyl halides is 4. The van der Waals surface area contributed by atoms with Crippen molar-refractivity contribution in [2.45, 2.75) is 123 Å². The summed E-state index contributed by atoms with van der Waals surface area (Å²) < 4.78 is 160. The van der Waals surface area contributed by atoms with Crippen LogP contribution in [0, 0.1) is 95.6 Å². The molecule has 6 rings (SSSR count). The molecule has 0 aliphatic rings. The number of carbonyl (C=O) groups excluding carboxylic acids is 4. The van der Waals surface area contributed by atoms with Crippen molar-refractivity contribution in [3.63, 3.8) is 0 Å². The molecule has 3 unspecified atom stereocenters. The topological polar surface area (TPSA) is 567 Å². The predicted octanol–water partition coefficient (Wildman–Crippen LogP) is 6.88. The molecule has 0 aliphatic carbocycles. The van der Waals surface area contributed by atoms with E-state index in [0.29, 0.717) is 12.0 Å². The van der Waals surface area contributed by atoms with Crippen molar-refractivity contribution in [3.05, 3.63) is 208 Å². The number of hydrogen-bond acceptors (Lipinski definition) is 30. The number of nitro groups is 5. The molecular weight excluding hydrogens is 1760 g/mol. The summed E-state index contributed by atoms with van der Waals surface area (Å²) >= 11 is 3.03. The van der Waals surface area contributed by atoms with Crippen LogP contribution in [0.2, 0.25) is 0 Å². The van der Waals surface area contributed by atoms with E-state index in [0.717, 1.165) is 60.7 Å². The fourth-order valence-corrected chi connectivity index (χ4v) is 7.94. The number of rotatable bonds is 26. The van der Waals surface area contributed by atoms with Crippen molar-refractivity contribution in [1.82, 2.24) is 10.6 Å². The van der Waals surface area contributed by atoms with Crippen LogP contribution in [0.4, 0.5) is 77.5 Å². The number of nitrogens with one attached hydrogen (secondary N) is 2. The number of nitrogens with zero attached hydrogens (tertiary/aromatic N) is 6. The summed E-state index contributed by atoms with van der Waals surface area (Å²) in [4.78, 5) is 110. The van der Waals surface area contributed by atoms with E-state index in [2.05, 4.69) is 40.8 Å². The van der Waals surface area contributed by atoms with Crippen LogP contribution in [-0.2, 0) is 48.9 Å². The number of methoxy groups -OCH3 is 6. The van der Waals surface area contributed by atoms with Gasteiger partial charge in [0.25, 0.3) is 5.09 Å². The summed E-state index contributed by atoms with van der Waals surface area (Å²) in [5.74, 6) is -7.00. The molecule has 122 heavy (non-hydrogen) atoms. The van der Waals surface area contributed by atoms with Gasteiger partial charge in [0.05, 0.1) is 130 Å². The van der Waals surface area contributed by atoms with E-state index in [1.807, 2.05) is 0 Å². The van der Waals surface area contributed by atoms with Crippen LogP contribution >= 0.6 is 15.9 Å². The molecule has 53 heteroatoms. The van der Waals surface area contributed by atoms with E-state index in [1.54, 1.807) is 62.3 Å². The average molecular weight is 1850 g/mol. The molecule has 0 fully saturated rings. The van der Waals surface area contributed by atoms with Gasteiger partial charge in [-0.1, -0.05) is 15.9 Å². The number of carbonyl (C=O) groups is 5. The Balaban J connectivity index is -0.000000208. The zero-order valence-electron chi connectivity index (χ0n) is 70.3. The minimum absolute atomic E-state index is 0. The third-order valence-electron chi connectivity index (χ3n) is 12.8. The Kier molecular flexibility index (Phi) is 61.7. The number of nitrogens with two attached hydrogens (primary N) is 1. The molecule has 3 radical (unpaired) electrons. The number of carboxylic acids is 1. The number of aldehydes is 2. The zero-order valence-corrected chi connectivity index (χ0v) is 73.9. The van der Waals surface area contributed by atoms with Crippen LogP contribution in [0.5, 0.6) is 34.5 Å². The predicted molar refractivity (Wildman–Crippen MR) is 408 cm³/mol. The van der Waals surface area contributed by atoms with Gasteiger partial charge in [-0.2, -0.15) is 13.2 Å². The molecule has 0 saturated carbocycles. The van der Waals surface area contributed by atoms with Gasteiger partial charge in [0.2, 0.25) is 0 Å². The van der Waals surface area contributed by atoms with E-state index in [9.17, 15) is 109 Å². The Morgan fingerprint density at radius 1 is 0.492 bits per heavy atom. The molecule has 0 heterocycles. The molecule has 8 N–H and O–H groups in total. The molecular formula is C69H87BBrF9N9Na2O31. The van der Waals surface area contributed by atoms with Crippen LogP contribution in [0.25, 0.3) is 0 Å². The first-order valence-electron chi connectivity index (χ1n) is 32.7. The Morgan fingerprint density at radius 2 is 0.779 bits per heavy atom. The van der Waals surface area contributed by atoms with E-state index in [4.69, 9.17) is 74.3 Å². The minimum Gasteiger partial charge on any atom is -1.00 e. The first-order chi connectivity index (χ1) is 55.1. The number of alkyl carbamates (subject to hydrolysis) is 2. The van der Waals surface area contributed by atoms with Crippen LogP contribution in [-0.4, -0.2) is 187 Å². The Morgan fingerprint density at radius 3 is 1.05 bits per heavy atom. The maximum absolute atomic E-state index is 13.9. The van der Waals surface area contributed by atoms with Gasteiger partial charge in [-0.25, -0.2) is 40.7 Å². The largest absolute Gasteiger partial charge is 1.00 e. The fraction of sp³-hybridized carbons (Fsp3) is 0.406. The number of aliphatic hydroxyl groups is 2. The van der Waals surface area contributed by atoms with Gasteiger partial charge in [0.1, 0.15) is 51.9 Å². The smallest absolute Gasteiger partial charge is 1.00 e. The number of aliphatic carboxylic acids is 1. The fourth-order valence-electron chi connectivity index (χ4n) is 7.51. The van der Waals surface area contributed by atoms with Gasteiger partial charge in [-0.15, -0.1) is 10.1 Å². The number of halogens is 10. The summed E-state index contributed by atoms with van der Waals surface area (Å²) in [6.45, 7) is 15.1. The van der Waals surface area contributed by atoms with Gasteiger partial charge in [-0.05, 0) is 74.4 Å². The molecule has 0 spiro atoms. The van der Waals surface area contributed by atoms with Crippen LogP contribution in [0.1, 0.15) is 108 Å². The van der Waals surface area contributed by atoms with Gasteiger partial charge in [0, 0.05) is 109 Å². The molecule has 3 atom stereocenters. The van der Waals surface area contributed by atoms with E-state index >= 15 is 0 Å². The molecule has 669 valence electrons. The second-order valence-electron chi connectivity index (χ2n) is 24.5. The zero-order chi connectivity index (χ0) is 92.7. The molecule has 0 aliphatic heterocycles. The van der Waals surface area contributed by atoms with Crippen LogP contribution < -0.4 is 104 Å². The summed E-state index contributed by atoms with van der Waals surface area (Å²) in [6.07, 6.45) is -5.49. The standard InChI is InChI=1S/C16H23FN2O6.C11H15FN2O4.C8H7BrFNO3.C8H8FNO4.C8H6FNO4.C8H7FO2.C8H17NO3.C2HF3O2.B.HNO3.2Na.2H/c1-10(18-15(20)25-16(2,3)4)8-24-9-11-6-13(19(21)22)14(23-5)7-12(11)17;1-7(13)5-18-6-8-3-10(14(15)16)11(17-2)4-9(8)12;1-14-8-3-6(10)5(4-9)2-7(8)11(12)13;2*1-14-8-3-6(9)5(4-11)2-7(8)10(12)13;1-11-7-3-2-6(5-10)8(9)4-7;1-6(5-10)9-7(11)12-8(2,3)4;3-2(4,5)1(6)7;;2-1(3)4;;;;/h6-7,10H,8-9H2,1-5H3,(H,18,20);3-4,7H,5-6,13H2,1-2H3;2-3H,4H2,1H3;2-3,11H,4H2,1H3;2-4H,1H3;2-5H,1H3;6,10H,5H2,1-4H3,(H,9,11);(H,6,7);;(H,2,3,4);;;;/q;;;;;;;;;;2*+1;2*-1. The monoisotopic (exact) mass is 1840 g/mol. The van der Waals surface area contributed by atoms with E-state index in [-0.39, 0.29) is 218 Å². The van der Waals surface area contributed by atoms with Gasteiger partial charge >= 0.3 is 112 Å². The van der Waals surface area contributed by atoms with Crippen molar-refractivity contribution in [2.24, 2.45) is 5.73 Å². The number of benzene rings is 6. The van der Waals surface area contributed by atoms with Crippen molar-refractivity contribution in [2.75, 3.05) is 62.5 Å². The maximum Gasteiger partial charge on any atom is 1.00 e. The molecule has 2 amide bonds. The summed E-state index contributed by atoms with van der Waals surface area (Å²) in [6, 6.07) is 13.0. The van der Waals surface area contributed by atoms with Crippen molar-refractivity contribution in [3.8, 4) is 34.5 Å². The molecule has 6 aromatic carbocycles. The number of aliphatic hydroxyl groups excluding tert-OH is 2. The van der Waals surface area contributed by atoms with Crippen molar-refractivity contribution >= 4 is 83.5 Å². The molecule has 6 aromatic rings. The number of amides is 2. The van der Waals surface area contributed by atoms with E-state index < -0.39 is 112 Å². The maximum atomic E-state index is 13.9. The molecule has 0 bridgehead atoms. The molecule has 0 aromatic heterocycles. The minimum atomic E-state index is -5.08. The second-order valence-corrected chi connectivity index (χ2v) is 25.1. The number of carboxylic acid groups (broad SMARTS) is 1. The van der Waals surface area contributed by atoms with Crippen molar-refractivity contribution in [1.29, 1.82) is 0 Å². The van der Waals surface area contributed by atoms with Crippen LogP contribution in [0.3, 0.4) is 0 Å². The Hall–Kier alpha value is -10.6. The van der Waals surface area contributed by atoms with E-state index in [1.165, 1.54) is 60.9 Å². The first-order valence-corrected chi connectivity index (χ1v) is 33.8.